The summed E-state index contributed by atoms with van der Waals surface area (Å²) in [6.45, 7) is -5.24. The third-order valence-electron chi connectivity index (χ3n) is 2.63. The van der Waals surface area contributed by atoms with Gasteiger partial charge >= 0.3 is 58.4 Å². The van der Waals surface area contributed by atoms with Gasteiger partial charge in [0.2, 0.25) is 0 Å². The molecule has 2 rings (SSSR count). The smallest absolute Gasteiger partial charge is 0.489 e. The summed E-state index contributed by atoms with van der Waals surface area (Å²) in [7, 11) is 0. The van der Waals surface area contributed by atoms with Gasteiger partial charge in [0.1, 0.15) is 12.4 Å². The minimum Gasteiger partial charge on any atom is -0.489 e. The molecule has 106 valence electrons. The van der Waals surface area contributed by atoms with Crippen LogP contribution < -0.4 is 61.6 Å². The molecule has 0 atom stereocenters. The molecule has 0 saturated heterocycles. The molecule has 2 aromatic carbocycles. The molecule has 0 fully saturated rings. The van der Waals surface area contributed by atoms with Crippen LogP contribution in [0.1, 0.15) is 5.56 Å². The number of ether oxygens (including phenoxy) is 1. The molecule has 0 N–H and O–H groups in total. The fourth-order valence-corrected chi connectivity index (χ4v) is 1.60. The SMILES string of the molecule is Fc1ccc(COc2cccc([B-](F)(F)F)c2)cc1F.[K+]. The van der Waals surface area contributed by atoms with Crippen LogP contribution in [-0.2, 0) is 6.61 Å². The van der Waals surface area contributed by atoms with E-state index in [0.29, 0.717) is 5.56 Å². The summed E-state index contributed by atoms with van der Waals surface area (Å²) in [6.07, 6.45) is 0. The summed E-state index contributed by atoms with van der Waals surface area (Å²) in [5.74, 6) is -2.00. The van der Waals surface area contributed by atoms with Crippen molar-refractivity contribution in [2.45, 2.75) is 6.61 Å². The Morgan fingerprint density at radius 3 is 2.24 bits per heavy atom. The predicted octanol–water partition coefficient (Wildman–Crippen LogP) is 0.602. The fraction of sp³-hybridized carbons (Fsp3) is 0.0769. The van der Waals surface area contributed by atoms with Crippen LogP contribution in [0.4, 0.5) is 21.7 Å². The number of rotatable bonds is 4. The quantitative estimate of drug-likeness (QED) is 0.591. The van der Waals surface area contributed by atoms with Crippen molar-refractivity contribution >= 4 is 12.4 Å². The van der Waals surface area contributed by atoms with Crippen LogP contribution in [0.3, 0.4) is 0 Å². The normalized spacial score (nSPS) is 10.9. The average Bonchev–Trinajstić information content (AvgIpc) is 2.39. The van der Waals surface area contributed by atoms with Crippen LogP contribution in [0.25, 0.3) is 0 Å². The van der Waals surface area contributed by atoms with Gasteiger partial charge in [-0.1, -0.05) is 18.2 Å². The number of benzene rings is 2. The predicted molar refractivity (Wildman–Crippen MR) is 65.8 cm³/mol. The summed E-state index contributed by atoms with van der Waals surface area (Å²) in [4.78, 5) is 0. The second-order valence-electron chi connectivity index (χ2n) is 4.18. The van der Waals surface area contributed by atoms with Crippen molar-refractivity contribution < 1.29 is 77.8 Å². The molecule has 0 aliphatic heterocycles. The average molecular weight is 326 g/mol. The molecule has 21 heavy (non-hydrogen) atoms. The molecule has 0 bridgehead atoms. The maximum Gasteiger partial charge on any atom is 1.00 e. The van der Waals surface area contributed by atoms with Crippen molar-refractivity contribution in [1.29, 1.82) is 0 Å². The first kappa shape index (κ1) is 18.6. The first-order valence-electron chi connectivity index (χ1n) is 5.73. The topological polar surface area (TPSA) is 9.23 Å². The van der Waals surface area contributed by atoms with E-state index in [1.165, 1.54) is 18.2 Å². The van der Waals surface area contributed by atoms with E-state index in [1.807, 2.05) is 0 Å². The standard InChI is InChI=1S/C13H9BF5O.K/c15-12-5-4-9(6-13(12)16)8-20-11-3-1-2-10(7-11)14(17,18)19;/h1-7H,8H2;/q-1;+1. The van der Waals surface area contributed by atoms with Gasteiger partial charge in [-0.3, -0.25) is 0 Å². The monoisotopic (exact) mass is 326 g/mol. The second-order valence-corrected chi connectivity index (χ2v) is 4.18. The molecule has 0 saturated carbocycles. The first-order valence-corrected chi connectivity index (χ1v) is 5.73. The van der Waals surface area contributed by atoms with Crippen molar-refractivity contribution in [2.24, 2.45) is 0 Å². The maximum absolute atomic E-state index is 12.9. The van der Waals surface area contributed by atoms with Crippen LogP contribution in [-0.4, -0.2) is 6.98 Å². The third kappa shape index (κ3) is 5.37. The molecule has 0 aliphatic carbocycles. The Bertz CT molecular complexity index is 618. The summed E-state index contributed by atoms with van der Waals surface area (Å²) in [5.41, 5.74) is -0.445. The molecule has 8 heteroatoms. The number of hydrogen-bond donors (Lipinski definition) is 0. The van der Waals surface area contributed by atoms with E-state index in [1.54, 1.807) is 0 Å². The second kappa shape index (κ2) is 7.73. The van der Waals surface area contributed by atoms with E-state index in [2.05, 4.69) is 0 Å². The van der Waals surface area contributed by atoms with Gasteiger partial charge in [0.15, 0.2) is 11.6 Å². The molecule has 0 spiro atoms. The van der Waals surface area contributed by atoms with Gasteiger partial charge < -0.3 is 17.7 Å². The van der Waals surface area contributed by atoms with Gasteiger partial charge in [0.25, 0.3) is 0 Å². The molecule has 0 amide bonds. The van der Waals surface area contributed by atoms with E-state index < -0.39 is 24.1 Å². The molecule has 0 aliphatic rings. The van der Waals surface area contributed by atoms with Gasteiger partial charge in [-0.25, -0.2) is 8.78 Å². The van der Waals surface area contributed by atoms with Crippen molar-refractivity contribution in [3.8, 4) is 5.75 Å². The minimum atomic E-state index is -5.10. The summed E-state index contributed by atoms with van der Waals surface area (Å²) in [5, 5.41) is 0. The fourth-order valence-electron chi connectivity index (χ4n) is 1.60. The van der Waals surface area contributed by atoms with Crippen LogP contribution in [0.5, 0.6) is 5.75 Å². The molecule has 1 nitrogen and oxygen atoms in total. The minimum absolute atomic E-state index is 0. The van der Waals surface area contributed by atoms with Crippen molar-refractivity contribution in [2.75, 3.05) is 0 Å². The van der Waals surface area contributed by atoms with Crippen molar-refractivity contribution in [3.63, 3.8) is 0 Å². The van der Waals surface area contributed by atoms with Crippen LogP contribution in [0, 0.1) is 11.6 Å². The van der Waals surface area contributed by atoms with E-state index in [-0.39, 0.29) is 63.7 Å². The maximum atomic E-state index is 12.9. The Morgan fingerprint density at radius 2 is 1.62 bits per heavy atom. The zero-order valence-corrected chi connectivity index (χ0v) is 14.2. The Balaban J connectivity index is 0.00000220. The molecular formula is C13H9BF5KO. The van der Waals surface area contributed by atoms with Gasteiger partial charge in [0.05, 0.1) is 0 Å². The van der Waals surface area contributed by atoms with Crippen LogP contribution >= 0.6 is 0 Å². The van der Waals surface area contributed by atoms with Crippen molar-refractivity contribution in [1.82, 2.24) is 0 Å². The van der Waals surface area contributed by atoms with E-state index in [9.17, 15) is 21.7 Å². The Morgan fingerprint density at radius 1 is 0.905 bits per heavy atom. The molecule has 0 aromatic heterocycles. The number of hydrogen-bond acceptors (Lipinski definition) is 1. The third-order valence-corrected chi connectivity index (χ3v) is 2.63. The Hall–Kier alpha value is -0.409. The largest absolute Gasteiger partial charge is 1.00 e. The summed E-state index contributed by atoms with van der Waals surface area (Å²) in [6, 6.07) is 7.59. The zero-order valence-electron chi connectivity index (χ0n) is 11.1. The zero-order chi connectivity index (χ0) is 14.8. The van der Waals surface area contributed by atoms with Gasteiger partial charge in [-0.05, 0) is 29.8 Å². The summed E-state index contributed by atoms with van der Waals surface area (Å²) >= 11 is 0. The molecular weight excluding hydrogens is 317 g/mol. The molecule has 0 radical (unpaired) electrons. The van der Waals surface area contributed by atoms with Crippen LogP contribution in [0.2, 0.25) is 0 Å². The Kier molecular flexibility index (Phi) is 6.86. The van der Waals surface area contributed by atoms with Crippen molar-refractivity contribution in [3.05, 3.63) is 59.7 Å². The number of halogens is 5. The summed E-state index contributed by atoms with van der Waals surface area (Å²) < 4.78 is 68.4. The molecule has 2 aromatic rings. The van der Waals surface area contributed by atoms with E-state index in [0.717, 1.165) is 24.3 Å². The molecule has 0 unspecified atom stereocenters. The van der Waals surface area contributed by atoms with Gasteiger partial charge in [-0.15, -0.1) is 5.46 Å². The van der Waals surface area contributed by atoms with Gasteiger partial charge in [-0.2, -0.15) is 0 Å². The first-order chi connectivity index (χ1) is 9.36. The molecule has 0 heterocycles. The Labute approximate surface area is 161 Å². The van der Waals surface area contributed by atoms with E-state index >= 15 is 0 Å². The van der Waals surface area contributed by atoms with Gasteiger partial charge in [0, 0.05) is 0 Å². The van der Waals surface area contributed by atoms with Crippen LogP contribution in [0.15, 0.2) is 42.5 Å². The van der Waals surface area contributed by atoms with E-state index in [4.69, 9.17) is 4.74 Å².